The molecule has 1 aromatic rings. The van der Waals surface area contributed by atoms with Gasteiger partial charge in [-0.3, -0.25) is 4.79 Å². The minimum atomic E-state index is 0.0982. The van der Waals surface area contributed by atoms with Gasteiger partial charge in [-0.1, -0.05) is 47.8 Å². The molecule has 1 saturated carbocycles. The molecule has 0 saturated heterocycles. The minimum absolute atomic E-state index is 0.0982. The highest BCUT2D eigenvalue weighted by Crippen LogP contribution is 2.54. The van der Waals surface area contributed by atoms with Gasteiger partial charge in [0, 0.05) is 16.9 Å². The van der Waals surface area contributed by atoms with Crippen molar-refractivity contribution in [1.29, 1.82) is 0 Å². The molecule has 1 fully saturated rings. The molecule has 3 rings (SSSR count). The van der Waals surface area contributed by atoms with E-state index < -0.39 is 0 Å². The number of nitrogens with one attached hydrogen (secondary N) is 1. The van der Waals surface area contributed by atoms with Gasteiger partial charge < -0.3 is 5.32 Å². The maximum absolute atomic E-state index is 12.2. The summed E-state index contributed by atoms with van der Waals surface area (Å²) in [7, 11) is 0. The number of aryl methyl sites for hydroxylation is 1. The van der Waals surface area contributed by atoms with Crippen LogP contribution in [0.4, 0.5) is 0 Å². The lowest BCUT2D eigenvalue weighted by Gasteiger charge is -2.34. The highest BCUT2D eigenvalue weighted by molar-refractivity contribution is 9.09. The summed E-state index contributed by atoms with van der Waals surface area (Å²) >= 11 is 3.97. The number of hydrogen-bond acceptors (Lipinski definition) is 1. The molecule has 2 nitrogen and oxygen atoms in total. The fraction of sp³-hybridized carbons (Fsp3) is 0.611. The third-order valence-electron chi connectivity index (χ3n) is 5.42. The Morgan fingerprint density at radius 3 is 2.76 bits per heavy atom. The minimum Gasteiger partial charge on any atom is -0.352 e. The molecule has 1 aliphatic carbocycles. The summed E-state index contributed by atoms with van der Waals surface area (Å²) in [5.74, 6) is 0.0982. The van der Waals surface area contributed by atoms with Crippen molar-refractivity contribution in [3.05, 3.63) is 34.9 Å². The van der Waals surface area contributed by atoms with Gasteiger partial charge in [0.15, 0.2) is 0 Å². The van der Waals surface area contributed by atoms with Gasteiger partial charge in [-0.15, -0.1) is 0 Å². The fourth-order valence-electron chi connectivity index (χ4n) is 3.98. The van der Waals surface area contributed by atoms with Crippen molar-refractivity contribution in [3.63, 3.8) is 0 Å². The number of alkyl halides is 1. The van der Waals surface area contributed by atoms with Gasteiger partial charge in [-0.05, 0) is 54.7 Å². The summed E-state index contributed by atoms with van der Waals surface area (Å²) in [6.45, 7) is 3.09. The van der Waals surface area contributed by atoms with Crippen molar-refractivity contribution >= 4 is 21.8 Å². The van der Waals surface area contributed by atoms with Crippen LogP contribution in [0.1, 0.15) is 71.8 Å². The van der Waals surface area contributed by atoms with Crippen LogP contribution in [-0.4, -0.2) is 12.5 Å². The van der Waals surface area contributed by atoms with E-state index in [4.69, 9.17) is 0 Å². The van der Waals surface area contributed by atoms with E-state index in [1.165, 1.54) is 43.2 Å². The summed E-state index contributed by atoms with van der Waals surface area (Å²) < 4.78 is 0. The Bertz CT molecular complexity index is 534. The summed E-state index contributed by atoms with van der Waals surface area (Å²) in [4.78, 5) is 12.6. The van der Waals surface area contributed by atoms with Crippen LogP contribution in [-0.2, 0) is 6.42 Å². The number of rotatable bonds is 3. The summed E-state index contributed by atoms with van der Waals surface area (Å²) in [6.07, 6.45) is 8.50. The van der Waals surface area contributed by atoms with Gasteiger partial charge in [0.2, 0.25) is 0 Å². The maximum atomic E-state index is 12.2. The second kappa shape index (κ2) is 6.12. The average molecular weight is 350 g/mol. The SMILES string of the molecule is CCC1(C(Br)c2ccc3c(c2)C(=O)NCCC3)CCCC1. The molecule has 0 radical (unpaired) electrons. The van der Waals surface area contributed by atoms with Gasteiger partial charge in [0.25, 0.3) is 5.91 Å². The van der Waals surface area contributed by atoms with Crippen molar-refractivity contribution in [1.82, 2.24) is 5.32 Å². The first-order valence-corrected chi connectivity index (χ1v) is 9.13. The number of carbonyl (C=O) groups is 1. The second-order valence-corrected chi connectivity index (χ2v) is 7.48. The first-order valence-electron chi connectivity index (χ1n) is 8.21. The lowest BCUT2D eigenvalue weighted by molar-refractivity contribution is 0.0956. The molecule has 0 spiro atoms. The zero-order chi connectivity index (χ0) is 14.9. The molecular formula is C18H24BrNO. The van der Waals surface area contributed by atoms with E-state index in [9.17, 15) is 4.79 Å². The molecular weight excluding hydrogens is 326 g/mol. The predicted molar refractivity (Wildman–Crippen MR) is 90.0 cm³/mol. The van der Waals surface area contributed by atoms with Crippen LogP contribution >= 0.6 is 15.9 Å². The van der Waals surface area contributed by atoms with Gasteiger partial charge in [0.1, 0.15) is 0 Å². The van der Waals surface area contributed by atoms with E-state index in [0.29, 0.717) is 10.2 Å². The smallest absolute Gasteiger partial charge is 0.251 e. The summed E-state index contributed by atoms with van der Waals surface area (Å²) in [5.41, 5.74) is 3.73. The van der Waals surface area contributed by atoms with Gasteiger partial charge in [0.05, 0.1) is 0 Å². The Hall–Kier alpha value is -0.830. The van der Waals surface area contributed by atoms with E-state index in [1.54, 1.807) is 0 Å². The number of fused-ring (bicyclic) bond motifs is 1. The Labute approximate surface area is 135 Å². The molecule has 1 heterocycles. The van der Waals surface area contributed by atoms with E-state index in [0.717, 1.165) is 24.9 Å². The lowest BCUT2D eigenvalue weighted by Crippen LogP contribution is -2.24. The Morgan fingerprint density at radius 2 is 2.05 bits per heavy atom. The van der Waals surface area contributed by atoms with E-state index >= 15 is 0 Å². The highest BCUT2D eigenvalue weighted by Gasteiger charge is 2.39. The Balaban J connectivity index is 1.94. The number of hydrogen-bond donors (Lipinski definition) is 1. The highest BCUT2D eigenvalue weighted by atomic mass is 79.9. The van der Waals surface area contributed by atoms with Crippen molar-refractivity contribution in [2.24, 2.45) is 5.41 Å². The van der Waals surface area contributed by atoms with Crippen molar-refractivity contribution in [3.8, 4) is 0 Å². The number of carbonyl (C=O) groups excluding carboxylic acids is 1. The molecule has 1 atom stereocenters. The number of amides is 1. The first kappa shape index (κ1) is 15.1. The molecule has 0 aromatic heterocycles. The quantitative estimate of drug-likeness (QED) is 0.782. The molecule has 0 bridgehead atoms. The maximum Gasteiger partial charge on any atom is 0.251 e. The van der Waals surface area contributed by atoms with Crippen LogP contribution in [0.15, 0.2) is 18.2 Å². The first-order chi connectivity index (χ1) is 10.2. The van der Waals surface area contributed by atoms with Crippen molar-refractivity contribution in [2.45, 2.75) is 56.7 Å². The van der Waals surface area contributed by atoms with Crippen LogP contribution in [0, 0.1) is 5.41 Å². The summed E-state index contributed by atoms with van der Waals surface area (Å²) in [6, 6.07) is 6.53. The summed E-state index contributed by atoms with van der Waals surface area (Å²) in [5, 5.41) is 3.01. The van der Waals surface area contributed by atoms with Gasteiger partial charge in [-0.25, -0.2) is 0 Å². The van der Waals surface area contributed by atoms with Gasteiger partial charge in [-0.2, -0.15) is 0 Å². The zero-order valence-corrected chi connectivity index (χ0v) is 14.3. The predicted octanol–water partition coefficient (Wildman–Crippen LogP) is 4.77. The molecule has 1 aromatic carbocycles. The average Bonchev–Trinajstić information content (AvgIpc) is 2.93. The van der Waals surface area contributed by atoms with Crippen molar-refractivity contribution < 1.29 is 4.79 Å². The van der Waals surface area contributed by atoms with Crippen LogP contribution in [0.3, 0.4) is 0 Å². The monoisotopic (exact) mass is 349 g/mol. The molecule has 2 aliphatic rings. The van der Waals surface area contributed by atoms with Gasteiger partial charge >= 0.3 is 0 Å². The van der Waals surface area contributed by atoms with Crippen LogP contribution < -0.4 is 5.32 Å². The third-order valence-corrected chi connectivity index (χ3v) is 6.92. The third kappa shape index (κ3) is 2.77. The number of benzene rings is 1. The zero-order valence-electron chi connectivity index (χ0n) is 12.8. The van der Waals surface area contributed by atoms with Crippen LogP contribution in [0.5, 0.6) is 0 Å². The fourth-order valence-corrected chi connectivity index (χ4v) is 5.04. The molecule has 1 N–H and O–H groups in total. The van der Waals surface area contributed by atoms with Crippen LogP contribution in [0.25, 0.3) is 0 Å². The Morgan fingerprint density at radius 1 is 1.29 bits per heavy atom. The topological polar surface area (TPSA) is 29.1 Å². The largest absolute Gasteiger partial charge is 0.352 e. The standard InChI is InChI=1S/C18H24BrNO/c1-2-18(9-3-4-10-18)16(19)14-8-7-13-6-5-11-20-17(21)15(13)12-14/h7-8,12,16H,2-6,9-11H2,1H3,(H,20,21). The Kier molecular flexibility index (Phi) is 4.39. The molecule has 21 heavy (non-hydrogen) atoms. The molecule has 114 valence electrons. The molecule has 1 aliphatic heterocycles. The van der Waals surface area contributed by atoms with Crippen molar-refractivity contribution in [2.75, 3.05) is 6.54 Å². The molecule has 1 amide bonds. The van der Waals surface area contributed by atoms with E-state index in [1.807, 2.05) is 0 Å². The molecule has 3 heteroatoms. The second-order valence-electron chi connectivity index (χ2n) is 6.56. The number of halogens is 1. The van der Waals surface area contributed by atoms with E-state index in [-0.39, 0.29) is 5.91 Å². The normalized spacial score (nSPS) is 22.3. The van der Waals surface area contributed by atoms with Crippen LogP contribution in [0.2, 0.25) is 0 Å². The molecule has 1 unspecified atom stereocenters. The van der Waals surface area contributed by atoms with E-state index in [2.05, 4.69) is 46.4 Å². The lowest BCUT2D eigenvalue weighted by atomic mass is 9.77.